The van der Waals surface area contributed by atoms with E-state index in [2.05, 4.69) is 83.6 Å². The van der Waals surface area contributed by atoms with E-state index in [1.165, 1.54) is 7.11 Å². The Morgan fingerprint density at radius 1 is 0.689 bits per heavy atom. The number of aliphatic hydroxyl groups excluding tert-OH is 1. The number of aliphatic hydroxyl groups is 1. The molecule has 0 aromatic heterocycles. The Labute approximate surface area is 280 Å². The zero-order valence-corrected chi connectivity index (χ0v) is 29.4. The van der Waals surface area contributed by atoms with Crippen LogP contribution in [0.15, 0.2) is 72.9 Å². The molecular weight excluding hydrogens is 607 g/mol. The van der Waals surface area contributed by atoms with Gasteiger partial charge >= 0.3 is 0 Å². The van der Waals surface area contributed by atoms with Crippen LogP contribution in [-0.4, -0.2) is 73.8 Å². The van der Waals surface area contributed by atoms with Crippen molar-refractivity contribution in [1.29, 1.82) is 0 Å². The second kappa shape index (κ2) is 30.1. The SMILES string of the molecule is CC/C=C\C/C=C\C/C=C\C/C=C\C/C=C\C/C=C\CC(=O)NCCSSCCNC(=O)CCNC(=O)C(OC)C(C)(C)CO. The molecule has 0 aromatic rings. The van der Waals surface area contributed by atoms with Gasteiger partial charge in [-0.25, -0.2) is 0 Å². The summed E-state index contributed by atoms with van der Waals surface area (Å²) in [6.07, 6.45) is 31.2. The lowest BCUT2D eigenvalue weighted by Crippen LogP contribution is -2.47. The van der Waals surface area contributed by atoms with E-state index in [4.69, 9.17) is 4.74 Å². The molecule has 0 bridgehead atoms. The zero-order chi connectivity index (χ0) is 33.4. The Morgan fingerprint density at radius 3 is 1.58 bits per heavy atom. The highest BCUT2D eigenvalue weighted by Crippen LogP contribution is 2.22. The molecule has 0 aliphatic heterocycles. The largest absolute Gasteiger partial charge is 0.396 e. The molecule has 1 atom stereocenters. The number of amides is 3. The van der Waals surface area contributed by atoms with Crippen molar-refractivity contribution < 1.29 is 24.2 Å². The first-order valence-electron chi connectivity index (χ1n) is 15.9. The first kappa shape index (κ1) is 42.5. The van der Waals surface area contributed by atoms with Crippen molar-refractivity contribution in [2.24, 2.45) is 5.41 Å². The first-order valence-corrected chi connectivity index (χ1v) is 18.4. The second-order valence-electron chi connectivity index (χ2n) is 10.8. The summed E-state index contributed by atoms with van der Waals surface area (Å²) >= 11 is 0. The van der Waals surface area contributed by atoms with Gasteiger partial charge in [0.15, 0.2) is 0 Å². The summed E-state index contributed by atoms with van der Waals surface area (Å²) in [6, 6.07) is 0. The number of rotatable bonds is 27. The van der Waals surface area contributed by atoms with Gasteiger partial charge in [-0.1, -0.05) is 115 Å². The Bertz CT molecular complexity index is 974. The zero-order valence-electron chi connectivity index (χ0n) is 27.8. The molecule has 0 saturated heterocycles. The van der Waals surface area contributed by atoms with E-state index in [0.717, 1.165) is 50.0 Å². The maximum atomic E-state index is 12.2. The number of allylic oxidation sites excluding steroid dienone is 11. The van der Waals surface area contributed by atoms with Crippen LogP contribution in [-0.2, 0) is 19.1 Å². The number of methoxy groups -OCH3 is 1. The molecule has 0 fully saturated rings. The molecular formula is C35H57N3O5S2. The molecule has 0 aliphatic carbocycles. The Balaban J connectivity index is 3.69. The predicted octanol–water partition coefficient (Wildman–Crippen LogP) is 6.23. The topological polar surface area (TPSA) is 117 Å². The lowest BCUT2D eigenvalue weighted by Gasteiger charge is -2.30. The molecule has 0 saturated carbocycles. The lowest BCUT2D eigenvalue weighted by molar-refractivity contribution is -0.140. The van der Waals surface area contributed by atoms with Crippen molar-refractivity contribution >= 4 is 39.3 Å². The van der Waals surface area contributed by atoms with Gasteiger partial charge in [-0.3, -0.25) is 14.4 Å². The van der Waals surface area contributed by atoms with Gasteiger partial charge in [0.05, 0.1) is 6.61 Å². The fourth-order valence-electron chi connectivity index (χ4n) is 3.71. The summed E-state index contributed by atoms with van der Waals surface area (Å²) in [7, 11) is 4.71. The number of hydrogen-bond acceptors (Lipinski definition) is 7. The average molecular weight is 664 g/mol. The Morgan fingerprint density at radius 2 is 1.13 bits per heavy atom. The maximum absolute atomic E-state index is 12.2. The van der Waals surface area contributed by atoms with Gasteiger partial charge in [0.2, 0.25) is 17.7 Å². The molecule has 0 spiro atoms. The maximum Gasteiger partial charge on any atom is 0.249 e. The summed E-state index contributed by atoms with van der Waals surface area (Å²) in [5.74, 6) is 1.05. The number of ether oxygens (including phenoxy) is 1. The smallest absolute Gasteiger partial charge is 0.249 e. The van der Waals surface area contributed by atoms with E-state index < -0.39 is 11.5 Å². The lowest BCUT2D eigenvalue weighted by atomic mass is 9.87. The Kier molecular flexibility index (Phi) is 28.4. The summed E-state index contributed by atoms with van der Waals surface area (Å²) < 4.78 is 5.21. The van der Waals surface area contributed by atoms with Crippen molar-refractivity contribution in [3.63, 3.8) is 0 Å². The minimum atomic E-state index is -0.791. The fraction of sp³-hybridized carbons (Fsp3) is 0.571. The van der Waals surface area contributed by atoms with Gasteiger partial charge < -0.3 is 25.8 Å². The van der Waals surface area contributed by atoms with E-state index in [0.29, 0.717) is 19.5 Å². The van der Waals surface area contributed by atoms with Crippen molar-refractivity contribution in [3.05, 3.63) is 72.9 Å². The molecule has 0 aromatic carbocycles. The quantitative estimate of drug-likeness (QED) is 0.0468. The van der Waals surface area contributed by atoms with Crippen LogP contribution in [0.5, 0.6) is 0 Å². The minimum Gasteiger partial charge on any atom is -0.396 e. The highest BCUT2D eigenvalue weighted by atomic mass is 33.1. The molecule has 0 aliphatic rings. The van der Waals surface area contributed by atoms with Gasteiger partial charge in [-0.2, -0.15) is 0 Å². The van der Waals surface area contributed by atoms with Gasteiger partial charge in [-0.15, -0.1) is 0 Å². The molecule has 0 rings (SSSR count). The van der Waals surface area contributed by atoms with Crippen LogP contribution in [0.1, 0.15) is 72.1 Å². The molecule has 3 amide bonds. The highest BCUT2D eigenvalue weighted by molar-refractivity contribution is 8.76. The van der Waals surface area contributed by atoms with Crippen LogP contribution in [0.25, 0.3) is 0 Å². The van der Waals surface area contributed by atoms with Gasteiger partial charge in [0.1, 0.15) is 6.10 Å². The van der Waals surface area contributed by atoms with Crippen LogP contribution in [0.4, 0.5) is 0 Å². The molecule has 10 heteroatoms. The van der Waals surface area contributed by atoms with Crippen molar-refractivity contribution in [2.75, 3.05) is 44.9 Å². The van der Waals surface area contributed by atoms with E-state index >= 15 is 0 Å². The van der Waals surface area contributed by atoms with Crippen molar-refractivity contribution in [2.45, 2.75) is 78.2 Å². The molecule has 1 unspecified atom stereocenters. The third-order valence-corrected chi connectivity index (χ3v) is 8.65. The van der Waals surface area contributed by atoms with E-state index in [1.54, 1.807) is 35.4 Å². The number of carbonyl (C=O) groups is 3. The van der Waals surface area contributed by atoms with Gasteiger partial charge in [-0.05, 0) is 38.5 Å². The van der Waals surface area contributed by atoms with Gasteiger partial charge in [0, 0.05) is 56.5 Å². The van der Waals surface area contributed by atoms with E-state index in [1.807, 2.05) is 12.2 Å². The van der Waals surface area contributed by atoms with Crippen molar-refractivity contribution in [3.8, 4) is 0 Å². The summed E-state index contributed by atoms with van der Waals surface area (Å²) in [5.41, 5.74) is -0.715. The van der Waals surface area contributed by atoms with Gasteiger partial charge in [0.25, 0.3) is 0 Å². The van der Waals surface area contributed by atoms with Crippen LogP contribution >= 0.6 is 21.6 Å². The van der Waals surface area contributed by atoms with Crippen LogP contribution < -0.4 is 16.0 Å². The molecule has 0 radical (unpaired) electrons. The molecule has 8 nitrogen and oxygen atoms in total. The Hall–Kier alpha value is -2.53. The summed E-state index contributed by atoms with van der Waals surface area (Å²) in [5, 5.41) is 17.9. The van der Waals surface area contributed by atoms with E-state index in [-0.39, 0.29) is 37.3 Å². The minimum absolute atomic E-state index is 0.0109. The predicted molar refractivity (Wildman–Crippen MR) is 193 cm³/mol. The van der Waals surface area contributed by atoms with Crippen LogP contribution in [0.3, 0.4) is 0 Å². The average Bonchev–Trinajstić information content (AvgIpc) is 3.01. The monoisotopic (exact) mass is 663 g/mol. The number of nitrogens with one attached hydrogen (secondary N) is 3. The first-order chi connectivity index (χ1) is 21.8. The van der Waals surface area contributed by atoms with E-state index in [9.17, 15) is 19.5 Å². The van der Waals surface area contributed by atoms with Crippen LogP contribution in [0, 0.1) is 5.41 Å². The molecule has 45 heavy (non-hydrogen) atoms. The van der Waals surface area contributed by atoms with Crippen molar-refractivity contribution in [1.82, 2.24) is 16.0 Å². The third-order valence-electron chi connectivity index (χ3n) is 6.24. The van der Waals surface area contributed by atoms with Crippen LogP contribution in [0.2, 0.25) is 0 Å². The highest BCUT2D eigenvalue weighted by Gasteiger charge is 2.34. The normalized spacial score (nSPS) is 13.3. The standard InChI is InChI=1S/C35H57N3O5S2/c1-5-6-7-8-9-10-11-12-13-14-15-16-17-18-19-20-21-22-23-31(40)36-26-28-44-45-29-27-37-32(41)24-25-38-34(42)33(43-4)35(2,3)30-39/h6-7,9-10,12-13,15-16,18-19,21-22,33,39H,5,8,11,14,17,20,23-30H2,1-4H3,(H,36,40)(H,37,41)(H,38,42)/b7-6-,10-9-,13-12-,16-15-,19-18-,22-21-. The summed E-state index contributed by atoms with van der Waals surface area (Å²) in [4.78, 5) is 36.2. The third kappa shape index (κ3) is 26.4. The molecule has 254 valence electrons. The fourth-order valence-corrected chi connectivity index (χ4v) is 5.52. The number of hydrogen-bond donors (Lipinski definition) is 4. The molecule has 4 N–H and O–H groups in total. The number of carbonyl (C=O) groups excluding carboxylic acids is 3. The second-order valence-corrected chi connectivity index (χ2v) is 13.5. The summed E-state index contributed by atoms with van der Waals surface area (Å²) in [6.45, 7) is 6.76. The molecule has 0 heterocycles.